The predicted octanol–water partition coefficient (Wildman–Crippen LogP) is 4.35. The Balaban J connectivity index is 2.44. The molecule has 1 aromatic rings. The molecule has 0 unspecified atom stereocenters. The molecule has 0 saturated heterocycles. The van der Waals surface area contributed by atoms with E-state index in [1.165, 1.54) is 31.2 Å². The first-order valence-electron chi connectivity index (χ1n) is 6.99. The number of ether oxygens (including phenoxy) is 2. The fourth-order valence-electron chi connectivity index (χ4n) is 2.26. The largest absolute Gasteiger partial charge is 0.496 e. The van der Waals surface area contributed by atoms with Crippen molar-refractivity contribution in [1.82, 2.24) is 0 Å². The summed E-state index contributed by atoms with van der Waals surface area (Å²) in [5.41, 5.74) is 0.660. The number of fused-ring (bicyclic) bond motifs is 2. The average molecular weight is 464 g/mol. The molecule has 4 nitrogen and oxygen atoms in total. The van der Waals surface area contributed by atoms with Crippen LogP contribution in [0, 0.1) is 0 Å². The maximum absolute atomic E-state index is 12.2. The van der Waals surface area contributed by atoms with Crippen LogP contribution in [0.4, 0.5) is 0 Å². The van der Waals surface area contributed by atoms with E-state index in [0.717, 1.165) is 20.2 Å². The molecule has 23 heavy (non-hydrogen) atoms. The number of aryl methyl sites for hydroxylation is 2. The minimum atomic E-state index is -0.461. The van der Waals surface area contributed by atoms with Gasteiger partial charge in [-0.25, -0.2) is 4.79 Å². The van der Waals surface area contributed by atoms with Crippen LogP contribution in [-0.2, 0) is 31.9 Å². The van der Waals surface area contributed by atoms with Gasteiger partial charge in [0.15, 0.2) is 5.78 Å². The molecule has 0 aliphatic carbocycles. The Kier molecular flexibility index (Phi) is 6.61. The monoisotopic (exact) mass is 462 g/mol. The van der Waals surface area contributed by atoms with Gasteiger partial charge in [-0.05, 0) is 51.1 Å². The van der Waals surface area contributed by atoms with Gasteiger partial charge >= 0.3 is 5.97 Å². The van der Waals surface area contributed by atoms with Crippen LogP contribution in [0.5, 0.6) is 0 Å². The molecule has 7 heteroatoms. The highest BCUT2D eigenvalue weighted by atomic mass is 79.9. The standard InChI is InChI=1S/C16H16Br2O4S/c1-21-11-8-10(19)4-6-13-16(18)15(17)12(23-13)5-3-9(11)7-14(20)22-2/h7-8H,3-6H2,1-2H3/b9-7+,11-8+. The third-order valence-corrected chi connectivity index (χ3v) is 7.59. The second-order valence-electron chi connectivity index (χ2n) is 4.95. The van der Waals surface area contributed by atoms with Crippen LogP contribution in [0.1, 0.15) is 22.6 Å². The van der Waals surface area contributed by atoms with E-state index >= 15 is 0 Å². The number of thiophene rings is 1. The smallest absolute Gasteiger partial charge is 0.330 e. The second-order valence-corrected chi connectivity index (χ2v) is 7.72. The first-order chi connectivity index (χ1) is 11.0. The fourth-order valence-corrected chi connectivity index (χ4v) is 4.97. The lowest BCUT2D eigenvalue weighted by atomic mass is 10.0. The molecule has 0 fully saturated rings. The summed E-state index contributed by atoms with van der Waals surface area (Å²) in [6.45, 7) is 0. The van der Waals surface area contributed by atoms with E-state index in [1.54, 1.807) is 11.3 Å². The highest BCUT2D eigenvalue weighted by Crippen LogP contribution is 2.40. The normalized spacial score (nSPS) is 19.7. The Hall–Kier alpha value is -0.920. The van der Waals surface area contributed by atoms with E-state index in [0.29, 0.717) is 30.6 Å². The quantitative estimate of drug-likeness (QED) is 0.483. The summed E-state index contributed by atoms with van der Waals surface area (Å²) < 4.78 is 12.1. The second kappa shape index (κ2) is 8.26. The van der Waals surface area contributed by atoms with E-state index in [4.69, 9.17) is 9.47 Å². The summed E-state index contributed by atoms with van der Waals surface area (Å²) in [4.78, 5) is 26.1. The van der Waals surface area contributed by atoms with Gasteiger partial charge in [0.1, 0.15) is 5.76 Å². The molecular formula is C16H16Br2O4S. The summed E-state index contributed by atoms with van der Waals surface area (Å²) in [5, 5.41) is 0. The van der Waals surface area contributed by atoms with Crippen molar-refractivity contribution in [1.29, 1.82) is 0 Å². The Morgan fingerprint density at radius 1 is 1.13 bits per heavy atom. The predicted molar refractivity (Wildman–Crippen MR) is 96.6 cm³/mol. The van der Waals surface area contributed by atoms with E-state index < -0.39 is 5.97 Å². The number of methoxy groups -OCH3 is 2. The van der Waals surface area contributed by atoms with Crippen molar-refractivity contribution in [3.05, 3.63) is 42.2 Å². The molecule has 0 saturated carbocycles. The molecule has 0 radical (unpaired) electrons. The van der Waals surface area contributed by atoms with Gasteiger partial charge < -0.3 is 9.47 Å². The zero-order valence-electron chi connectivity index (χ0n) is 12.8. The molecule has 1 aliphatic rings. The Bertz CT molecular complexity index is 688. The van der Waals surface area contributed by atoms with Gasteiger partial charge in [-0.1, -0.05) is 0 Å². The molecule has 0 aromatic carbocycles. The van der Waals surface area contributed by atoms with E-state index in [1.807, 2.05) is 0 Å². The zero-order valence-corrected chi connectivity index (χ0v) is 16.8. The van der Waals surface area contributed by atoms with Gasteiger partial charge in [0, 0.05) is 42.8 Å². The highest BCUT2D eigenvalue weighted by molar-refractivity contribution is 9.13. The molecular weight excluding hydrogens is 448 g/mol. The maximum Gasteiger partial charge on any atom is 0.330 e. The summed E-state index contributed by atoms with van der Waals surface area (Å²) >= 11 is 8.85. The number of hydrogen-bond donors (Lipinski definition) is 0. The number of halogens is 2. The van der Waals surface area contributed by atoms with Gasteiger partial charge in [0.2, 0.25) is 0 Å². The van der Waals surface area contributed by atoms with Crippen LogP contribution < -0.4 is 0 Å². The van der Waals surface area contributed by atoms with Crippen LogP contribution in [0.2, 0.25) is 0 Å². The molecule has 2 bridgehead atoms. The van der Waals surface area contributed by atoms with E-state index in [-0.39, 0.29) is 5.78 Å². The maximum atomic E-state index is 12.2. The fraction of sp³-hybridized carbons (Fsp3) is 0.375. The summed E-state index contributed by atoms with van der Waals surface area (Å²) in [6.07, 6.45) is 5.23. The lowest BCUT2D eigenvalue weighted by molar-refractivity contribution is -0.134. The topological polar surface area (TPSA) is 52.6 Å². The number of ketones is 1. The number of carbonyl (C=O) groups excluding carboxylic acids is 2. The van der Waals surface area contributed by atoms with Crippen LogP contribution in [0.3, 0.4) is 0 Å². The highest BCUT2D eigenvalue weighted by Gasteiger charge is 2.19. The molecule has 0 amide bonds. The van der Waals surface area contributed by atoms with Gasteiger partial charge in [0.05, 0.1) is 14.2 Å². The van der Waals surface area contributed by atoms with Crippen molar-refractivity contribution >= 4 is 54.9 Å². The minimum Gasteiger partial charge on any atom is -0.496 e. The van der Waals surface area contributed by atoms with Crippen molar-refractivity contribution < 1.29 is 19.1 Å². The van der Waals surface area contributed by atoms with Gasteiger partial charge in [-0.3, -0.25) is 4.79 Å². The van der Waals surface area contributed by atoms with Gasteiger partial charge in [-0.2, -0.15) is 0 Å². The summed E-state index contributed by atoms with van der Waals surface area (Å²) in [6, 6.07) is 0. The SMILES string of the molecule is COC(=O)/C=C1CCc2sc(c(Br)c2Br)CCC(=O)/C=C\1OC. The Labute approximate surface area is 155 Å². The Morgan fingerprint density at radius 2 is 1.74 bits per heavy atom. The molecule has 124 valence electrons. The first kappa shape index (κ1) is 18.4. The Morgan fingerprint density at radius 3 is 2.30 bits per heavy atom. The van der Waals surface area contributed by atoms with E-state index in [2.05, 4.69) is 31.9 Å². The summed E-state index contributed by atoms with van der Waals surface area (Å²) in [5.74, 6) is -0.0668. The lowest BCUT2D eigenvalue weighted by Gasteiger charge is -2.11. The van der Waals surface area contributed by atoms with Crippen molar-refractivity contribution in [3.63, 3.8) is 0 Å². The molecule has 0 N–H and O–H groups in total. The van der Waals surface area contributed by atoms with Crippen LogP contribution >= 0.6 is 43.2 Å². The van der Waals surface area contributed by atoms with Crippen molar-refractivity contribution in [2.24, 2.45) is 0 Å². The molecule has 2 heterocycles. The molecule has 0 spiro atoms. The third kappa shape index (κ3) is 4.55. The molecule has 0 atom stereocenters. The van der Waals surface area contributed by atoms with Crippen molar-refractivity contribution in [2.45, 2.75) is 25.7 Å². The molecule has 1 aromatic heterocycles. The number of allylic oxidation sites excluding steroid dienone is 2. The minimum absolute atomic E-state index is 0.0301. The number of rotatable bonds is 2. The van der Waals surface area contributed by atoms with Gasteiger partial charge in [0.25, 0.3) is 0 Å². The first-order valence-corrected chi connectivity index (χ1v) is 9.39. The van der Waals surface area contributed by atoms with Gasteiger partial charge in [-0.15, -0.1) is 11.3 Å². The molecule has 2 rings (SSSR count). The lowest BCUT2D eigenvalue weighted by Crippen LogP contribution is -2.05. The van der Waals surface area contributed by atoms with Crippen molar-refractivity contribution in [2.75, 3.05) is 14.2 Å². The molecule has 1 aliphatic heterocycles. The van der Waals surface area contributed by atoms with Crippen LogP contribution in [-0.4, -0.2) is 26.0 Å². The number of hydrogen-bond acceptors (Lipinski definition) is 5. The number of esters is 1. The third-order valence-electron chi connectivity index (χ3n) is 3.47. The van der Waals surface area contributed by atoms with Crippen molar-refractivity contribution in [3.8, 4) is 0 Å². The zero-order chi connectivity index (χ0) is 17.0. The number of carbonyl (C=O) groups is 2. The summed E-state index contributed by atoms with van der Waals surface area (Å²) in [7, 11) is 2.82. The van der Waals surface area contributed by atoms with Crippen LogP contribution in [0.15, 0.2) is 32.4 Å². The van der Waals surface area contributed by atoms with Crippen LogP contribution in [0.25, 0.3) is 0 Å². The van der Waals surface area contributed by atoms with E-state index in [9.17, 15) is 9.59 Å². The average Bonchev–Trinajstić information content (AvgIpc) is 2.80.